The minimum atomic E-state index is 0.397. The largest absolute Gasteiger partial charge is 0.382 e. The number of nitrogens with one attached hydrogen (secondary N) is 1. The molecule has 0 aliphatic carbocycles. The van der Waals surface area contributed by atoms with Gasteiger partial charge in [-0.1, -0.05) is 6.92 Å². The van der Waals surface area contributed by atoms with E-state index in [0.717, 1.165) is 39.3 Å². The van der Waals surface area contributed by atoms with E-state index in [0.29, 0.717) is 18.1 Å². The van der Waals surface area contributed by atoms with Gasteiger partial charge in [0.05, 0.1) is 6.10 Å². The van der Waals surface area contributed by atoms with Crippen LogP contribution in [-0.2, 0) is 9.47 Å². The first-order valence-electron chi connectivity index (χ1n) is 7.74. The Labute approximate surface area is 118 Å². The van der Waals surface area contributed by atoms with Gasteiger partial charge in [0, 0.05) is 39.5 Å². The molecule has 1 saturated heterocycles. The third-order valence-corrected chi connectivity index (χ3v) is 4.13. The van der Waals surface area contributed by atoms with E-state index in [1.165, 1.54) is 13.0 Å². The van der Waals surface area contributed by atoms with Crippen LogP contribution < -0.4 is 5.32 Å². The molecule has 0 aromatic heterocycles. The van der Waals surface area contributed by atoms with Crippen molar-refractivity contribution in [2.75, 3.05) is 46.5 Å². The maximum atomic E-state index is 5.58. The minimum absolute atomic E-state index is 0.397. The molecule has 0 radical (unpaired) electrons. The molecule has 3 unspecified atom stereocenters. The Bertz CT molecular complexity index is 226. The molecule has 0 spiro atoms. The average Bonchev–Trinajstić information content (AvgIpc) is 2.43. The molecule has 1 fully saturated rings. The molecule has 0 saturated carbocycles. The molecule has 0 aromatic rings. The highest BCUT2D eigenvalue weighted by molar-refractivity contribution is 4.82. The van der Waals surface area contributed by atoms with Gasteiger partial charge in [0.2, 0.25) is 0 Å². The maximum absolute atomic E-state index is 5.58. The Kier molecular flexibility index (Phi) is 8.62. The number of rotatable bonds is 9. The van der Waals surface area contributed by atoms with Crippen molar-refractivity contribution in [3.05, 3.63) is 0 Å². The van der Waals surface area contributed by atoms with Gasteiger partial charge in [-0.05, 0) is 45.7 Å². The second-order valence-corrected chi connectivity index (χ2v) is 5.64. The number of likely N-dealkylation sites (tertiary alicyclic amines) is 1. The molecule has 1 N–H and O–H groups in total. The molecule has 0 amide bonds. The van der Waals surface area contributed by atoms with Crippen molar-refractivity contribution in [1.82, 2.24) is 10.2 Å². The number of hydrogen-bond donors (Lipinski definition) is 1. The van der Waals surface area contributed by atoms with E-state index in [-0.39, 0.29) is 0 Å². The fourth-order valence-electron chi connectivity index (χ4n) is 2.65. The van der Waals surface area contributed by atoms with Crippen molar-refractivity contribution in [2.45, 2.75) is 45.8 Å². The number of piperidine rings is 1. The molecular weight excluding hydrogens is 240 g/mol. The molecule has 3 atom stereocenters. The third kappa shape index (κ3) is 6.21. The zero-order valence-electron chi connectivity index (χ0n) is 13.2. The van der Waals surface area contributed by atoms with E-state index >= 15 is 0 Å². The van der Waals surface area contributed by atoms with E-state index in [1.807, 2.05) is 14.0 Å². The van der Waals surface area contributed by atoms with Crippen molar-refractivity contribution in [2.24, 2.45) is 5.92 Å². The topological polar surface area (TPSA) is 33.7 Å². The lowest BCUT2D eigenvalue weighted by Crippen LogP contribution is -2.50. The lowest BCUT2D eigenvalue weighted by Gasteiger charge is -2.39. The van der Waals surface area contributed by atoms with Gasteiger partial charge in [0.1, 0.15) is 0 Å². The Morgan fingerprint density at radius 2 is 2.21 bits per heavy atom. The van der Waals surface area contributed by atoms with E-state index in [2.05, 4.69) is 24.1 Å². The summed E-state index contributed by atoms with van der Waals surface area (Å²) in [7, 11) is 1.83. The number of methoxy groups -OCH3 is 1. The predicted octanol–water partition coefficient (Wildman–Crippen LogP) is 1.75. The Morgan fingerprint density at radius 3 is 2.89 bits per heavy atom. The van der Waals surface area contributed by atoms with Crippen molar-refractivity contribution < 1.29 is 9.47 Å². The summed E-state index contributed by atoms with van der Waals surface area (Å²) in [5.74, 6) is 0.688. The summed E-state index contributed by atoms with van der Waals surface area (Å²) in [6.45, 7) is 12.7. The minimum Gasteiger partial charge on any atom is -0.382 e. The molecule has 4 heteroatoms. The van der Waals surface area contributed by atoms with Crippen LogP contribution in [0.25, 0.3) is 0 Å². The normalized spacial score (nSPS) is 26.5. The molecular formula is C15H32N2O2. The van der Waals surface area contributed by atoms with Crippen LogP contribution in [0.15, 0.2) is 0 Å². The fraction of sp³-hybridized carbons (Fsp3) is 1.00. The van der Waals surface area contributed by atoms with Crippen molar-refractivity contribution in [3.8, 4) is 0 Å². The van der Waals surface area contributed by atoms with Gasteiger partial charge in [-0.3, -0.25) is 4.90 Å². The van der Waals surface area contributed by atoms with Crippen molar-refractivity contribution in [3.63, 3.8) is 0 Å². The van der Waals surface area contributed by atoms with E-state index in [9.17, 15) is 0 Å². The Balaban J connectivity index is 2.13. The van der Waals surface area contributed by atoms with Crippen LogP contribution in [0, 0.1) is 5.92 Å². The first-order valence-corrected chi connectivity index (χ1v) is 7.74. The van der Waals surface area contributed by atoms with Crippen LogP contribution in [0.2, 0.25) is 0 Å². The van der Waals surface area contributed by atoms with Gasteiger partial charge in [-0.2, -0.15) is 0 Å². The van der Waals surface area contributed by atoms with Crippen LogP contribution in [-0.4, -0.2) is 63.5 Å². The highest BCUT2D eigenvalue weighted by Gasteiger charge is 2.28. The van der Waals surface area contributed by atoms with Gasteiger partial charge < -0.3 is 14.8 Å². The molecule has 4 nitrogen and oxygen atoms in total. The van der Waals surface area contributed by atoms with Crippen molar-refractivity contribution >= 4 is 0 Å². The molecule has 19 heavy (non-hydrogen) atoms. The maximum Gasteiger partial charge on any atom is 0.0724 e. The first kappa shape index (κ1) is 16.9. The average molecular weight is 272 g/mol. The number of nitrogens with zero attached hydrogens (tertiary/aromatic N) is 1. The van der Waals surface area contributed by atoms with E-state index in [1.54, 1.807) is 0 Å². The molecule has 1 aliphatic rings. The standard InChI is InChI=1S/C15H32N2O2/c1-5-19-10-6-8-16-11-14(3)17-9-7-13(2)15(12-17)18-4/h13-16H,5-12H2,1-4H3. The monoisotopic (exact) mass is 272 g/mol. The summed E-state index contributed by atoms with van der Waals surface area (Å²) in [6, 6.07) is 0.581. The second-order valence-electron chi connectivity index (χ2n) is 5.64. The quantitative estimate of drug-likeness (QED) is 0.648. The summed E-state index contributed by atoms with van der Waals surface area (Å²) in [5.41, 5.74) is 0. The highest BCUT2D eigenvalue weighted by atomic mass is 16.5. The SMILES string of the molecule is CCOCCCNCC(C)N1CCC(C)C(OC)C1. The zero-order chi connectivity index (χ0) is 14.1. The second kappa shape index (κ2) is 9.70. The third-order valence-electron chi connectivity index (χ3n) is 4.13. The predicted molar refractivity (Wildman–Crippen MR) is 79.6 cm³/mol. The number of ether oxygens (including phenoxy) is 2. The van der Waals surface area contributed by atoms with Gasteiger partial charge in [0.15, 0.2) is 0 Å². The molecule has 1 rings (SSSR count). The van der Waals surface area contributed by atoms with Crippen LogP contribution in [0.3, 0.4) is 0 Å². The van der Waals surface area contributed by atoms with Crippen LogP contribution in [0.4, 0.5) is 0 Å². The zero-order valence-corrected chi connectivity index (χ0v) is 13.2. The van der Waals surface area contributed by atoms with Gasteiger partial charge in [-0.25, -0.2) is 0 Å². The van der Waals surface area contributed by atoms with Crippen LogP contribution in [0.1, 0.15) is 33.6 Å². The molecule has 1 heterocycles. The first-order chi connectivity index (χ1) is 9.19. The molecule has 1 aliphatic heterocycles. The van der Waals surface area contributed by atoms with Crippen LogP contribution in [0.5, 0.6) is 0 Å². The molecule has 0 bridgehead atoms. The summed E-state index contributed by atoms with van der Waals surface area (Å²) in [4.78, 5) is 2.55. The Morgan fingerprint density at radius 1 is 1.42 bits per heavy atom. The summed E-state index contributed by atoms with van der Waals surface area (Å²) < 4.78 is 10.9. The number of hydrogen-bond acceptors (Lipinski definition) is 4. The van der Waals surface area contributed by atoms with Gasteiger partial charge in [0.25, 0.3) is 0 Å². The van der Waals surface area contributed by atoms with Gasteiger partial charge >= 0.3 is 0 Å². The summed E-state index contributed by atoms with van der Waals surface area (Å²) >= 11 is 0. The summed E-state index contributed by atoms with van der Waals surface area (Å²) in [6.07, 6.45) is 2.74. The van der Waals surface area contributed by atoms with Crippen LogP contribution >= 0.6 is 0 Å². The van der Waals surface area contributed by atoms with Crippen molar-refractivity contribution in [1.29, 1.82) is 0 Å². The summed E-state index contributed by atoms with van der Waals surface area (Å²) in [5, 5.41) is 3.52. The smallest absolute Gasteiger partial charge is 0.0724 e. The van der Waals surface area contributed by atoms with E-state index < -0.39 is 0 Å². The van der Waals surface area contributed by atoms with E-state index in [4.69, 9.17) is 9.47 Å². The highest BCUT2D eigenvalue weighted by Crippen LogP contribution is 2.20. The fourth-order valence-corrected chi connectivity index (χ4v) is 2.65. The lowest BCUT2D eigenvalue weighted by atomic mass is 9.95. The molecule has 0 aromatic carbocycles. The molecule has 114 valence electrons. The lowest BCUT2D eigenvalue weighted by molar-refractivity contribution is -0.0164. The van der Waals surface area contributed by atoms with Gasteiger partial charge in [-0.15, -0.1) is 0 Å². The Hall–Kier alpha value is -0.160.